The number of benzene rings is 2. The lowest BCUT2D eigenvalue weighted by atomic mass is 10.1. The van der Waals surface area contributed by atoms with E-state index in [0.717, 1.165) is 0 Å². The second-order valence-corrected chi connectivity index (χ2v) is 5.70. The van der Waals surface area contributed by atoms with Gasteiger partial charge in [0, 0.05) is 0 Å². The lowest BCUT2D eigenvalue weighted by Gasteiger charge is -2.12. The number of ether oxygens (including phenoxy) is 1. The molecular weight excluding hydrogens is 279 g/mol. The molecule has 20 heavy (non-hydrogen) atoms. The van der Waals surface area contributed by atoms with Gasteiger partial charge in [-0.05, 0) is 29.8 Å². The summed E-state index contributed by atoms with van der Waals surface area (Å²) in [7, 11) is -0.0692. The lowest BCUT2D eigenvalue weighted by Crippen LogP contribution is -2.10. The van der Waals surface area contributed by atoms with Crippen LogP contribution in [0.5, 0.6) is 5.75 Å². The van der Waals surface area contributed by atoms with Crippen LogP contribution in [0.25, 0.3) is 0 Å². The summed E-state index contributed by atoms with van der Waals surface area (Å²) in [6, 6.07) is 12.8. The van der Waals surface area contributed by atoms with Crippen LogP contribution in [0, 0.1) is 5.82 Å². The highest BCUT2D eigenvalue weighted by Crippen LogP contribution is 2.22. The number of methoxy groups -OCH3 is 1. The summed E-state index contributed by atoms with van der Waals surface area (Å²) in [5.74, 6) is 0.0237. The van der Waals surface area contributed by atoms with Crippen LogP contribution < -0.4 is 4.74 Å². The fourth-order valence-electron chi connectivity index (χ4n) is 1.81. The number of aliphatic hydroxyl groups excluding tert-OH is 1. The smallest absolute Gasteiger partial charge is 0.139 e. The number of rotatable bonds is 5. The van der Waals surface area contributed by atoms with Crippen molar-refractivity contribution in [3.63, 3.8) is 0 Å². The van der Waals surface area contributed by atoms with E-state index < -0.39 is 22.7 Å². The van der Waals surface area contributed by atoms with Gasteiger partial charge in [-0.3, -0.25) is 4.21 Å². The van der Waals surface area contributed by atoms with E-state index >= 15 is 0 Å². The second kappa shape index (κ2) is 6.63. The Morgan fingerprint density at radius 3 is 2.70 bits per heavy atom. The Morgan fingerprint density at radius 2 is 2.00 bits per heavy atom. The van der Waals surface area contributed by atoms with Crippen molar-refractivity contribution in [2.45, 2.75) is 11.0 Å². The first-order valence-corrected chi connectivity index (χ1v) is 7.38. The fourth-order valence-corrected chi connectivity index (χ4v) is 2.98. The fraction of sp³-hybridized carbons (Fsp3) is 0.200. The molecule has 0 aliphatic heterocycles. The SMILES string of the molecule is COc1cccc(C(O)CS(=O)c2ccccc2F)c1. The Kier molecular flexibility index (Phi) is 4.87. The summed E-state index contributed by atoms with van der Waals surface area (Å²) in [5, 5.41) is 10.1. The van der Waals surface area contributed by atoms with Crippen molar-refractivity contribution in [1.82, 2.24) is 0 Å². The minimum atomic E-state index is -1.60. The van der Waals surface area contributed by atoms with Crippen molar-refractivity contribution >= 4 is 10.8 Å². The van der Waals surface area contributed by atoms with Gasteiger partial charge in [0.15, 0.2) is 0 Å². The molecule has 0 saturated carbocycles. The third-order valence-electron chi connectivity index (χ3n) is 2.87. The maximum atomic E-state index is 13.5. The van der Waals surface area contributed by atoms with Crippen LogP contribution in [0.2, 0.25) is 0 Å². The Bertz CT molecular complexity index is 616. The molecule has 0 fully saturated rings. The average molecular weight is 294 g/mol. The molecule has 106 valence electrons. The third-order valence-corrected chi connectivity index (χ3v) is 4.31. The normalized spacial score (nSPS) is 13.8. The molecule has 0 aliphatic carbocycles. The van der Waals surface area contributed by atoms with Crippen molar-refractivity contribution in [3.05, 3.63) is 59.9 Å². The van der Waals surface area contributed by atoms with Gasteiger partial charge >= 0.3 is 0 Å². The molecule has 0 amide bonds. The summed E-state index contributed by atoms with van der Waals surface area (Å²) >= 11 is 0. The molecule has 2 rings (SSSR count). The molecule has 0 heterocycles. The molecule has 2 unspecified atom stereocenters. The van der Waals surface area contributed by atoms with Gasteiger partial charge in [0.1, 0.15) is 11.6 Å². The van der Waals surface area contributed by atoms with Crippen LogP contribution in [0.1, 0.15) is 11.7 Å². The Morgan fingerprint density at radius 1 is 1.25 bits per heavy atom. The Balaban J connectivity index is 2.13. The van der Waals surface area contributed by atoms with Gasteiger partial charge < -0.3 is 9.84 Å². The molecule has 0 bridgehead atoms. The Hall–Kier alpha value is -1.72. The Labute approximate surface area is 119 Å². The van der Waals surface area contributed by atoms with Crippen molar-refractivity contribution in [2.24, 2.45) is 0 Å². The molecule has 2 aromatic rings. The zero-order valence-electron chi connectivity index (χ0n) is 11.0. The molecule has 1 N–H and O–H groups in total. The monoisotopic (exact) mass is 294 g/mol. The van der Waals surface area contributed by atoms with Gasteiger partial charge in [-0.2, -0.15) is 0 Å². The molecule has 3 nitrogen and oxygen atoms in total. The van der Waals surface area contributed by atoms with Crippen molar-refractivity contribution in [2.75, 3.05) is 12.9 Å². The van der Waals surface area contributed by atoms with Crippen LogP contribution in [-0.2, 0) is 10.8 Å². The molecule has 0 spiro atoms. The van der Waals surface area contributed by atoms with Crippen molar-refractivity contribution in [3.8, 4) is 5.75 Å². The minimum absolute atomic E-state index is 0.0614. The summed E-state index contributed by atoms with van der Waals surface area (Å²) in [6.45, 7) is 0. The lowest BCUT2D eigenvalue weighted by molar-refractivity contribution is 0.202. The maximum Gasteiger partial charge on any atom is 0.139 e. The molecular formula is C15H15FO3S. The van der Waals surface area contributed by atoms with Crippen molar-refractivity contribution < 1.29 is 18.4 Å². The average Bonchev–Trinajstić information content (AvgIpc) is 2.47. The van der Waals surface area contributed by atoms with E-state index in [1.54, 1.807) is 30.3 Å². The molecule has 2 atom stereocenters. The summed E-state index contributed by atoms with van der Waals surface area (Å²) in [4.78, 5) is 0.106. The van der Waals surface area contributed by atoms with E-state index in [4.69, 9.17) is 4.74 Å². The van der Waals surface area contributed by atoms with Crippen LogP contribution in [0.4, 0.5) is 4.39 Å². The minimum Gasteiger partial charge on any atom is -0.497 e. The highest BCUT2D eigenvalue weighted by atomic mass is 32.2. The molecule has 0 aliphatic rings. The standard InChI is InChI=1S/C15H15FO3S/c1-19-12-6-4-5-11(9-12)14(17)10-20(18)15-8-3-2-7-13(15)16/h2-9,14,17H,10H2,1H3. The van der Waals surface area contributed by atoms with Crippen LogP contribution in [-0.4, -0.2) is 22.2 Å². The molecule has 0 radical (unpaired) electrons. The molecule has 2 aromatic carbocycles. The number of hydrogen-bond donors (Lipinski definition) is 1. The summed E-state index contributed by atoms with van der Waals surface area (Å²) in [6.07, 6.45) is -0.939. The largest absolute Gasteiger partial charge is 0.497 e. The van der Waals surface area contributed by atoms with E-state index in [2.05, 4.69) is 0 Å². The third kappa shape index (κ3) is 3.43. The highest BCUT2D eigenvalue weighted by molar-refractivity contribution is 7.85. The zero-order valence-corrected chi connectivity index (χ0v) is 11.8. The molecule has 0 saturated heterocycles. The van der Waals surface area contributed by atoms with E-state index in [9.17, 15) is 13.7 Å². The second-order valence-electron chi connectivity index (χ2n) is 4.24. The zero-order chi connectivity index (χ0) is 14.5. The number of halogens is 1. The number of aliphatic hydroxyl groups is 1. The predicted octanol–water partition coefficient (Wildman–Crippen LogP) is 2.68. The van der Waals surface area contributed by atoms with Gasteiger partial charge in [-0.25, -0.2) is 4.39 Å². The van der Waals surface area contributed by atoms with Gasteiger partial charge in [-0.15, -0.1) is 0 Å². The number of hydrogen-bond acceptors (Lipinski definition) is 3. The topological polar surface area (TPSA) is 46.5 Å². The van der Waals surface area contributed by atoms with Gasteiger partial charge in [0.05, 0.1) is 34.7 Å². The first-order chi connectivity index (χ1) is 9.61. The first kappa shape index (κ1) is 14.7. The van der Waals surface area contributed by atoms with E-state index in [1.165, 1.54) is 25.3 Å². The van der Waals surface area contributed by atoms with Crippen molar-refractivity contribution in [1.29, 1.82) is 0 Å². The van der Waals surface area contributed by atoms with Gasteiger partial charge in [0.2, 0.25) is 0 Å². The van der Waals surface area contributed by atoms with Crippen LogP contribution in [0.15, 0.2) is 53.4 Å². The maximum absolute atomic E-state index is 13.5. The van der Waals surface area contributed by atoms with Crippen LogP contribution >= 0.6 is 0 Å². The first-order valence-electron chi connectivity index (χ1n) is 6.06. The van der Waals surface area contributed by atoms with Gasteiger partial charge in [-0.1, -0.05) is 24.3 Å². The predicted molar refractivity (Wildman–Crippen MR) is 75.6 cm³/mol. The van der Waals surface area contributed by atoms with E-state index in [1.807, 2.05) is 0 Å². The highest BCUT2D eigenvalue weighted by Gasteiger charge is 2.16. The van der Waals surface area contributed by atoms with Crippen LogP contribution in [0.3, 0.4) is 0 Å². The molecule has 0 aromatic heterocycles. The van der Waals surface area contributed by atoms with E-state index in [0.29, 0.717) is 11.3 Å². The quantitative estimate of drug-likeness (QED) is 0.922. The summed E-state index contributed by atoms with van der Waals surface area (Å²) in [5.41, 5.74) is 0.592. The molecule has 5 heteroatoms. The summed E-state index contributed by atoms with van der Waals surface area (Å²) < 4.78 is 30.7. The van der Waals surface area contributed by atoms with E-state index in [-0.39, 0.29) is 10.6 Å². The van der Waals surface area contributed by atoms with Gasteiger partial charge in [0.25, 0.3) is 0 Å².